The van der Waals surface area contributed by atoms with Crippen molar-refractivity contribution in [2.24, 2.45) is 5.16 Å². The Morgan fingerprint density at radius 2 is 1.50 bits per heavy atom. The van der Waals surface area contributed by atoms with Crippen molar-refractivity contribution in [2.75, 3.05) is 0 Å². The van der Waals surface area contributed by atoms with E-state index in [1.165, 1.54) is 50.5 Å². The quantitative estimate of drug-likeness (QED) is 0.215. The number of nitrogens with zero attached hydrogens (tertiary/aromatic N) is 1. The van der Waals surface area contributed by atoms with Gasteiger partial charge in [0.1, 0.15) is 11.5 Å². The molecule has 3 heteroatoms. The molecule has 2 aromatic rings. The lowest BCUT2D eigenvalue weighted by Crippen LogP contribution is -2.04. The summed E-state index contributed by atoms with van der Waals surface area (Å²) in [5, 5.41) is 23.1. The van der Waals surface area contributed by atoms with Crippen LogP contribution in [0.3, 0.4) is 0 Å². The van der Waals surface area contributed by atoms with Crippen LogP contribution < -0.4 is 0 Å². The van der Waals surface area contributed by atoms with Gasteiger partial charge in [0.05, 0.1) is 0 Å². The summed E-state index contributed by atoms with van der Waals surface area (Å²) in [4.78, 5) is 0. The summed E-state index contributed by atoms with van der Waals surface area (Å²) in [6, 6.07) is 15.0. The molecule has 0 aliphatic heterocycles. The van der Waals surface area contributed by atoms with Gasteiger partial charge in [-0.3, -0.25) is 0 Å². The number of phenols is 1. The number of oxime groups is 1. The zero-order valence-electron chi connectivity index (χ0n) is 15.8. The summed E-state index contributed by atoms with van der Waals surface area (Å²) in [7, 11) is 0. The van der Waals surface area contributed by atoms with Crippen LogP contribution in [0, 0.1) is 0 Å². The average molecular weight is 354 g/mol. The molecule has 2 N–H and O–H groups in total. The van der Waals surface area contributed by atoms with Gasteiger partial charge in [-0.25, -0.2) is 0 Å². The van der Waals surface area contributed by atoms with Gasteiger partial charge in [-0.2, -0.15) is 0 Å². The van der Waals surface area contributed by atoms with Crippen molar-refractivity contribution in [1.29, 1.82) is 0 Å². The second-order valence-corrected chi connectivity index (χ2v) is 6.89. The number of aromatic hydroxyl groups is 1. The van der Waals surface area contributed by atoms with Gasteiger partial charge in [0, 0.05) is 11.1 Å². The molecule has 0 radical (unpaired) electrons. The third kappa shape index (κ3) is 6.21. The van der Waals surface area contributed by atoms with E-state index in [0.717, 1.165) is 18.4 Å². The van der Waals surface area contributed by atoms with E-state index in [1.54, 1.807) is 6.07 Å². The third-order valence-electron chi connectivity index (χ3n) is 4.78. The molecule has 0 fully saturated rings. The summed E-state index contributed by atoms with van der Waals surface area (Å²) in [5.41, 5.74) is 2.94. The molecule has 26 heavy (non-hydrogen) atoms. The minimum Gasteiger partial charge on any atom is -0.507 e. The Hall–Kier alpha value is -2.29. The van der Waals surface area contributed by atoms with Crippen LogP contribution in [0.1, 0.15) is 75.0 Å². The maximum absolute atomic E-state index is 10.2. The fourth-order valence-electron chi connectivity index (χ4n) is 3.25. The Bertz CT molecular complexity index is 680. The summed E-state index contributed by atoms with van der Waals surface area (Å²) < 4.78 is 0. The van der Waals surface area contributed by atoms with Crippen LogP contribution in [0.2, 0.25) is 0 Å². The molecule has 0 heterocycles. The highest BCUT2D eigenvalue weighted by Gasteiger charge is 2.13. The molecule has 0 unspecified atom stereocenters. The summed E-state index contributed by atoms with van der Waals surface area (Å²) in [6.07, 6.45) is 11.4. The number of phenolic OH excluding ortho intramolecular Hbond substituents is 1. The van der Waals surface area contributed by atoms with E-state index in [1.807, 2.05) is 42.5 Å². The average Bonchev–Trinajstić information content (AvgIpc) is 2.67. The molecule has 0 atom stereocenters. The van der Waals surface area contributed by atoms with E-state index in [9.17, 15) is 10.3 Å². The Balaban J connectivity index is 1.91. The van der Waals surface area contributed by atoms with E-state index >= 15 is 0 Å². The first-order valence-electron chi connectivity index (χ1n) is 9.86. The van der Waals surface area contributed by atoms with Crippen LogP contribution in [0.4, 0.5) is 0 Å². The van der Waals surface area contributed by atoms with Crippen molar-refractivity contribution in [3.05, 3.63) is 65.2 Å². The van der Waals surface area contributed by atoms with Crippen molar-refractivity contribution < 1.29 is 10.3 Å². The predicted molar refractivity (Wildman–Crippen MR) is 108 cm³/mol. The zero-order chi connectivity index (χ0) is 18.6. The van der Waals surface area contributed by atoms with Crippen LogP contribution in [-0.4, -0.2) is 16.0 Å². The molecule has 0 aromatic heterocycles. The Morgan fingerprint density at radius 3 is 2.15 bits per heavy atom. The second-order valence-electron chi connectivity index (χ2n) is 6.89. The Kier molecular flexibility index (Phi) is 8.74. The molecule has 3 nitrogen and oxygen atoms in total. The Morgan fingerprint density at radius 1 is 0.846 bits per heavy atom. The van der Waals surface area contributed by atoms with Gasteiger partial charge in [-0.05, 0) is 30.5 Å². The molecule has 0 aliphatic carbocycles. The van der Waals surface area contributed by atoms with Gasteiger partial charge in [-0.1, -0.05) is 93.4 Å². The fourth-order valence-corrected chi connectivity index (χ4v) is 3.25. The smallest absolute Gasteiger partial charge is 0.125 e. The van der Waals surface area contributed by atoms with E-state index in [2.05, 4.69) is 12.1 Å². The van der Waals surface area contributed by atoms with Crippen molar-refractivity contribution in [3.8, 4) is 5.75 Å². The summed E-state index contributed by atoms with van der Waals surface area (Å²) in [5.74, 6) is 0.140. The minimum absolute atomic E-state index is 0.140. The lowest BCUT2D eigenvalue weighted by molar-refractivity contribution is 0.319. The number of benzene rings is 2. The highest BCUT2D eigenvalue weighted by atomic mass is 16.4. The molecule has 0 saturated heterocycles. The molecule has 0 saturated carbocycles. The molecule has 2 rings (SSSR count). The van der Waals surface area contributed by atoms with Crippen LogP contribution in [0.25, 0.3) is 0 Å². The normalized spacial score (nSPS) is 11.7. The van der Waals surface area contributed by atoms with E-state index in [0.29, 0.717) is 11.3 Å². The monoisotopic (exact) mass is 353 g/mol. The van der Waals surface area contributed by atoms with E-state index in [4.69, 9.17) is 0 Å². The van der Waals surface area contributed by atoms with Gasteiger partial charge < -0.3 is 10.3 Å². The standard InChI is InChI=1S/C23H31NO2/c1-2-3-4-5-6-7-8-10-13-19-16-17-22(25)21(18-19)23(24-26)20-14-11-9-12-15-20/h9,11-12,14-18,25-26H,2-8,10,13H2,1H3. The molecule has 0 spiro atoms. The molecule has 140 valence electrons. The molecular formula is C23H31NO2. The van der Waals surface area contributed by atoms with Gasteiger partial charge in [0.15, 0.2) is 0 Å². The minimum atomic E-state index is 0.140. The second kappa shape index (κ2) is 11.3. The van der Waals surface area contributed by atoms with Crippen LogP contribution in [-0.2, 0) is 6.42 Å². The number of hydrogen-bond acceptors (Lipinski definition) is 3. The topological polar surface area (TPSA) is 52.8 Å². The van der Waals surface area contributed by atoms with E-state index in [-0.39, 0.29) is 5.75 Å². The maximum Gasteiger partial charge on any atom is 0.125 e. The van der Waals surface area contributed by atoms with E-state index < -0.39 is 0 Å². The lowest BCUT2D eigenvalue weighted by Gasteiger charge is -2.10. The lowest BCUT2D eigenvalue weighted by atomic mass is 9.97. The van der Waals surface area contributed by atoms with Crippen LogP contribution in [0.5, 0.6) is 5.75 Å². The maximum atomic E-state index is 10.2. The van der Waals surface area contributed by atoms with Crippen LogP contribution >= 0.6 is 0 Å². The van der Waals surface area contributed by atoms with Crippen molar-refractivity contribution in [2.45, 2.75) is 64.7 Å². The van der Waals surface area contributed by atoms with Crippen molar-refractivity contribution >= 4 is 5.71 Å². The zero-order valence-corrected chi connectivity index (χ0v) is 15.8. The molecule has 0 amide bonds. The predicted octanol–water partition coefficient (Wildman–Crippen LogP) is 6.30. The highest BCUT2D eigenvalue weighted by Crippen LogP contribution is 2.24. The SMILES string of the molecule is CCCCCCCCCCc1ccc(O)c(C(=NO)c2ccccc2)c1. The van der Waals surface area contributed by atoms with Crippen LogP contribution in [0.15, 0.2) is 53.7 Å². The highest BCUT2D eigenvalue weighted by molar-refractivity contribution is 6.14. The largest absolute Gasteiger partial charge is 0.507 e. The summed E-state index contributed by atoms with van der Waals surface area (Å²) in [6.45, 7) is 2.25. The first-order valence-corrected chi connectivity index (χ1v) is 9.86. The Labute approximate surface area is 157 Å². The fraction of sp³-hybridized carbons (Fsp3) is 0.435. The number of rotatable bonds is 11. The molecular weight excluding hydrogens is 322 g/mol. The van der Waals surface area contributed by atoms with Crippen molar-refractivity contribution in [3.63, 3.8) is 0 Å². The number of hydrogen-bond donors (Lipinski definition) is 2. The summed E-state index contributed by atoms with van der Waals surface area (Å²) >= 11 is 0. The van der Waals surface area contributed by atoms with Gasteiger partial charge >= 0.3 is 0 Å². The van der Waals surface area contributed by atoms with Gasteiger partial charge in [0.2, 0.25) is 0 Å². The number of aryl methyl sites for hydroxylation is 1. The first-order chi connectivity index (χ1) is 12.8. The molecule has 0 aliphatic rings. The third-order valence-corrected chi connectivity index (χ3v) is 4.78. The van der Waals surface area contributed by atoms with Gasteiger partial charge in [-0.15, -0.1) is 0 Å². The molecule has 2 aromatic carbocycles. The van der Waals surface area contributed by atoms with Crippen molar-refractivity contribution in [1.82, 2.24) is 0 Å². The van der Waals surface area contributed by atoms with Gasteiger partial charge in [0.25, 0.3) is 0 Å². The number of unbranched alkanes of at least 4 members (excludes halogenated alkanes) is 7. The molecule has 0 bridgehead atoms. The first kappa shape index (κ1) is 20.0.